The van der Waals surface area contributed by atoms with Gasteiger partial charge in [0.05, 0.1) is 23.4 Å². The van der Waals surface area contributed by atoms with E-state index in [1.165, 1.54) is 18.9 Å². The van der Waals surface area contributed by atoms with Crippen molar-refractivity contribution in [2.45, 2.75) is 31.7 Å². The number of hydrogen-bond donors (Lipinski definition) is 0. The molecule has 1 amide bonds. The van der Waals surface area contributed by atoms with Gasteiger partial charge in [-0.05, 0) is 37.1 Å². The van der Waals surface area contributed by atoms with Crippen molar-refractivity contribution in [1.82, 2.24) is 14.7 Å². The molecular formula is C20H22FN5O. The van der Waals surface area contributed by atoms with Gasteiger partial charge in [-0.15, -0.1) is 0 Å². The van der Waals surface area contributed by atoms with Gasteiger partial charge in [-0.3, -0.25) is 9.48 Å². The third kappa shape index (κ3) is 3.39. The van der Waals surface area contributed by atoms with E-state index in [1.807, 2.05) is 20.6 Å². The minimum Gasteiger partial charge on any atom is -0.366 e. The number of halogens is 1. The maximum Gasteiger partial charge on any atom is 0.272 e. The summed E-state index contributed by atoms with van der Waals surface area (Å²) < 4.78 is 16.1. The van der Waals surface area contributed by atoms with E-state index in [-0.39, 0.29) is 5.91 Å². The first-order valence-electron chi connectivity index (χ1n) is 9.45. The van der Waals surface area contributed by atoms with Crippen LogP contribution in [0.1, 0.15) is 47.8 Å². The SMILES string of the molecule is N#Cc1ccc(N2CCN(C(=O)c3ccnn3C3CCCC3)CC2)c(F)c1. The highest BCUT2D eigenvalue weighted by Gasteiger charge is 2.28. The summed E-state index contributed by atoms with van der Waals surface area (Å²) in [5.41, 5.74) is 1.45. The van der Waals surface area contributed by atoms with E-state index in [9.17, 15) is 9.18 Å². The Morgan fingerprint density at radius 2 is 1.89 bits per heavy atom. The lowest BCUT2D eigenvalue weighted by molar-refractivity contribution is 0.0731. The highest BCUT2D eigenvalue weighted by molar-refractivity contribution is 5.92. The first kappa shape index (κ1) is 17.5. The molecule has 140 valence electrons. The normalized spacial score (nSPS) is 17.9. The van der Waals surface area contributed by atoms with Crippen LogP contribution in [0.5, 0.6) is 0 Å². The van der Waals surface area contributed by atoms with Gasteiger partial charge in [-0.2, -0.15) is 10.4 Å². The number of rotatable bonds is 3. The van der Waals surface area contributed by atoms with Crippen molar-refractivity contribution in [2.75, 3.05) is 31.1 Å². The highest BCUT2D eigenvalue weighted by Crippen LogP contribution is 2.30. The molecule has 0 spiro atoms. The fourth-order valence-corrected chi connectivity index (χ4v) is 4.07. The van der Waals surface area contributed by atoms with Crippen LogP contribution in [0.3, 0.4) is 0 Å². The molecule has 0 N–H and O–H groups in total. The number of carbonyl (C=O) groups excluding carboxylic acids is 1. The first-order chi connectivity index (χ1) is 13.2. The molecule has 2 aliphatic rings. The maximum atomic E-state index is 14.2. The number of carbonyl (C=O) groups is 1. The van der Waals surface area contributed by atoms with Crippen LogP contribution in [-0.2, 0) is 0 Å². The molecule has 0 bridgehead atoms. The second-order valence-corrected chi connectivity index (χ2v) is 7.16. The van der Waals surface area contributed by atoms with E-state index in [2.05, 4.69) is 5.10 Å². The predicted molar refractivity (Wildman–Crippen MR) is 99.0 cm³/mol. The van der Waals surface area contributed by atoms with Gasteiger partial charge < -0.3 is 9.80 Å². The third-order valence-electron chi connectivity index (χ3n) is 5.54. The number of anilines is 1. The monoisotopic (exact) mass is 367 g/mol. The van der Waals surface area contributed by atoms with Crippen LogP contribution in [0.15, 0.2) is 30.5 Å². The standard InChI is InChI=1S/C20H22FN5O/c21-17-13-15(14-22)5-6-18(17)24-9-11-25(12-10-24)20(27)19-7-8-23-26(19)16-3-1-2-4-16/h5-8,13,16H,1-4,9-12H2. The van der Waals surface area contributed by atoms with Gasteiger partial charge in [0.25, 0.3) is 5.91 Å². The number of hydrogen-bond acceptors (Lipinski definition) is 4. The summed E-state index contributed by atoms with van der Waals surface area (Å²) in [5, 5.41) is 13.3. The minimum atomic E-state index is -0.395. The second-order valence-electron chi connectivity index (χ2n) is 7.16. The van der Waals surface area contributed by atoms with E-state index in [4.69, 9.17) is 5.26 Å². The summed E-state index contributed by atoms with van der Waals surface area (Å²) in [6.07, 6.45) is 6.23. The lowest BCUT2D eigenvalue weighted by atomic mass is 10.1. The Labute approximate surface area is 157 Å². The van der Waals surface area contributed by atoms with Crippen molar-refractivity contribution < 1.29 is 9.18 Å². The fraction of sp³-hybridized carbons (Fsp3) is 0.450. The molecule has 1 aromatic heterocycles. The fourth-order valence-electron chi connectivity index (χ4n) is 4.07. The van der Waals surface area contributed by atoms with E-state index < -0.39 is 5.82 Å². The number of piperazine rings is 1. The van der Waals surface area contributed by atoms with E-state index in [0.29, 0.717) is 49.2 Å². The zero-order chi connectivity index (χ0) is 18.8. The van der Waals surface area contributed by atoms with E-state index in [1.54, 1.807) is 24.4 Å². The Morgan fingerprint density at radius 3 is 2.56 bits per heavy atom. The van der Waals surface area contributed by atoms with Crippen molar-refractivity contribution in [3.63, 3.8) is 0 Å². The van der Waals surface area contributed by atoms with Gasteiger partial charge in [-0.25, -0.2) is 4.39 Å². The largest absolute Gasteiger partial charge is 0.366 e. The quantitative estimate of drug-likeness (QED) is 0.837. The van der Waals surface area contributed by atoms with Gasteiger partial charge in [-0.1, -0.05) is 12.8 Å². The second kappa shape index (κ2) is 7.39. The van der Waals surface area contributed by atoms with Crippen LogP contribution >= 0.6 is 0 Å². The van der Waals surface area contributed by atoms with E-state index >= 15 is 0 Å². The Kier molecular flexibility index (Phi) is 4.80. The minimum absolute atomic E-state index is 0.000602. The molecular weight excluding hydrogens is 345 g/mol. The predicted octanol–water partition coefficient (Wildman–Crippen LogP) is 2.97. The van der Waals surface area contributed by atoms with Crippen LogP contribution in [0, 0.1) is 17.1 Å². The number of amides is 1. The molecule has 2 heterocycles. The molecule has 7 heteroatoms. The average Bonchev–Trinajstić information content (AvgIpc) is 3.39. The molecule has 1 aliphatic heterocycles. The number of aromatic nitrogens is 2. The molecule has 0 atom stereocenters. The number of benzene rings is 1. The topological polar surface area (TPSA) is 65.2 Å². The zero-order valence-electron chi connectivity index (χ0n) is 15.1. The summed E-state index contributed by atoms with van der Waals surface area (Å²) in [6, 6.07) is 8.59. The van der Waals surface area contributed by atoms with Gasteiger partial charge in [0.15, 0.2) is 0 Å². The smallest absolute Gasteiger partial charge is 0.272 e. The Hall–Kier alpha value is -2.88. The van der Waals surface area contributed by atoms with Crippen LogP contribution in [0.4, 0.5) is 10.1 Å². The van der Waals surface area contributed by atoms with Gasteiger partial charge in [0.1, 0.15) is 11.5 Å². The summed E-state index contributed by atoms with van der Waals surface area (Å²) in [6.45, 7) is 2.19. The first-order valence-corrected chi connectivity index (χ1v) is 9.45. The molecule has 6 nitrogen and oxygen atoms in total. The average molecular weight is 367 g/mol. The maximum absolute atomic E-state index is 14.2. The molecule has 2 aromatic rings. The van der Waals surface area contributed by atoms with E-state index in [0.717, 1.165) is 12.8 Å². The Balaban J connectivity index is 1.43. The van der Waals surface area contributed by atoms with Crippen molar-refractivity contribution in [1.29, 1.82) is 5.26 Å². The molecule has 1 saturated carbocycles. The van der Waals surface area contributed by atoms with Gasteiger partial charge in [0.2, 0.25) is 0 Å². The molecule has 0 radical (unpaired) electrons. The molecule has 1 saturated heterocycles. The van der Waals surface area contributed by atoms with Crippen LogP contribution in [0.2, 0.25) is 0 Å². The number of nitrogens with zero attached hydrogens (tertiary/aromatic N) is 5. The zero-order valence-corrected chi connectivity index (χ0v) is 15.1. The summed E-state index contributed by atoms with van der Waals surface area (Å²) >= 11 is 0. The van der Waals surface area contributed by atoms with Crippen molar-refractivity contribution in [3.05, 3.63) is 47.5 Å². The molecule has 1 aliphatic carbocycles. The Bertz CT molecular complexity index is 873. The van der Waals surface area contributed by atoms with Crippen LogP contribution in [0.25, 0.3) is 0 Å². The van der Waals surface area contributed by atoms with Crippen LogP contribution in [-0.4, -0.2) is 46.8 Å². The van der Waals surface area contributed by atoms with Crippen LogP contribution < -0.4 is 4.90 Å². The highest BCUT2D eigenvalue weighted by atomic mass is 19.1. The lowest BCUT2D eigenvalue weighted by Crippen LogP contribution is -2.49. The van der Waals surface area contributed by atoms with Gasteiger partial charge >= 0.3 is 0 Å². The molecule has 0 unspecified atom stereocenters. The molecule has 4 rings (SSSR count). The summed E-state index contributed by atoms with van der Waals surface area (Å²) in [5.74, 6) is -0.396. The molecule has 2 fully saturated rings. The number of nitriles is 1. The third-order valence-corrected chi connectivity index (χ3v) is 5.54. The van der Waals surface area contributed by atoms with Crippen molar-refractivity contribution in [2.24, 2.45) is 0 Å². The van der Waals surface area contributed by atoms with Crippen molar-refractivity contribution in [3.8, 4) is 6.07 Å². The summed E-state index contributed by atoms with van der Waals surface area (Å²) in [4.78, 5) is 16.7. The van der Waals surface area contributed by atoms with Gasteiger partial charge in [0, 0.05) is 32.4 Å². The Morgan fingerprint density at radius 1 is 1.15 bits per heavy atom. The molecule has 27 heavy (non-hydrogen) atoms. The molecule has 1 aromatic carbocycles. The lowest BCUT2D eigenvalue weighted by Gasteiger charge is -2.36. The van der Waals surface area contributed by atoms with Crippen molar-refractivity contribution >= 4 is 11.6 Å². The summed E-state index contributed by atoms with van der Waals surface area (Å²) in [7, 11) is 0.